The van der Waals surface area contributed by atoms with Gasteiger partial charge in [0.25, 0.3) is 11.8 Å². The molecule has 2 amide bonds. The molecule has 0 atom stereocenters. The van der Waals surface area contributed by atoms with E-state index in [9.17, 15) is 14.4 Å². The highest BCUT2D eigenvalue weighted by Gasteiger charge is 2.38. The number of aromatic nitrogens is 1. The number of pyridine rings is 1. The van der Waals surface area contributed by atoms with Crippen LogP contribution < -0.4 is 0 Å². The second-order valence-corrected chi connectivity index (χ2v) is 4.59. The van der Waals surface area contributed by atoms with Crippen LogP contribution in [-0.2, 0) is 4.84 Å². The maximum absolute atomic E-state index is 12.0. The molecular weight excluding hydrogens is 296 g/mol. The summed E-state index contributed by atoms with van der Waals surface area (Å²) in [6.45, 7) is 0. The molecule has 0 unspecified atom stereocenters. The first-order valence-electron chi connectivity index (χ1n) is 5.89. The summed E-state index contributed by atoms with van der Waals surface area (Å²) in [6.07, 6.45) is 2.62. The molecule has 0 bridgehead atoms. The highest BCUT2D eigenvalue weighted by atomic mass is 35.5. The molecule has 2 heterocycles. The SMILES string of the molecule is O=C(ON1C(=O)c2ccccc2C1=O)c1ccncc1Cl. The van der Waals surface area contributed by atoms with Gasteiger partial charge in [-0.05, 0) is 18.2 Å². The van der Waals surface area contributed by atoms with E-state index < -0.39 is 17.8 Å². The van der Waals surface area contributed by atoms with E-state index in [4.69, 9.17) is 16.4 Å². The van der Waals surface area contributed by atoms with E-state index in [1.807, 2.05) is 0 Å². The summed E-state index contributed by atoms with van der Waals surface area (Å²) in [5.41, 5.74) is 0.399. The molecule has 0 fully saturated rings. The minimum atomic E-state index is -0.906. The number of amides is 2. The lowest BCUT2D eigenvalue weighted by atomic mass is 10.1. The number of hydroxylamine groups is 2. The van der Waals surface area contributed by atoms with Crippen LogP contribution >= 0.6 is 11.6 Å². The Morgan fingerprint density at radius 3 is 2.29 bits per heavy atom. The van der Waals surface area contributed by atoms with Gasteiger partial charge < -0.3 is 4.84 Å². The average Bonchev–Trinajstić information content (AvgIpc) is 2.73. The van der Waals surface area contributed by atoms with Crippen molar-refractivity contribution in [1.82, 2.24) is 10.0 Å². The van der Waals surface area contributed by atoms with E-state index in [0.717, 1.165) is 0 Å². The second kappa shape index (κ2) is 4.99. The zero-order chi connectivity index (χ0) is 15.0. The highest BCUT2D eigenvalue weighted by molar-refractivity contribution is 6.33. The first-order chi connectivity index (χ1) is 10.1. The quantitative estimate of drug-likeness (QED) is 0.794. The third kappa shape index (κ3) is 2.15. The molecule has 0 aliphatic carbocycles. The third-order valence-electron chi connectivity index (χ3n) is 2.92. The van der Waals surface area contributed by atoms with Crippen LogP contribution in [0.5, 0.6) is 0 Å². The van der Waals surface area contributed by atoms with Crippen molar-refractivity contribution in [2.45, 2.75) is 0 Å². The molecule has 3 rings (SSSR count). The van der Waals surface area contributed by atoms with Gasteiger partial charge >= 0.3 is 5.97 Å². The van der Waals surface area contributed by atoms with Crippen molar-refractivity contribution in [3.05, 3.63) is 64.4 Å². The fraction of sp³-hybridized carbons (Fsp3) is 0. The van der Waals surface area contributed by atoms with Gasteiger partial charge in [0.1, 0.15) is 0 Å². The van der Waals surface area contributed by atoms with Crippen LogP contribution in [0.15, 0.2) is 42.7 Å². The Hall–Kier alpha value is -2.73. The van der Waals surface area contributed by atoms with Gasteiger partial charge in [-0.25, -0.2) is 4.79 Å². The maximum Gasteiger partial charge on any atom is 0.365 e. The normalized spacial score (nSPS) is 13.3. The van der Waals surface area contributed by atoms with E-state index in [-0.39, 0.29) is 21.7 Å². The molecule has 1 aromatic heterocycles. The van der Waals surface area contributed by atoms with E-state index in [0.29, 0.717) is 5.06 Å². The van der Waals surface area contributed by atoms with E-state index in [1.54, 1.807) is 12.1 Å². The Kier molecular flexibility index (Phi) is 3.15. The van der Waals surface area contributed by atoms with Gasteiger partial charge in [-0.15, -0.1) is 0 Å². The van der Waals surface area contributed by atoms with Crippen LogP contribution in [0.3, 0.4) is 0 Å². The van der Waals surface area contributed by atoms with Crippen LogP contribution in [0.1, 0.15) is 31.1 Å². The molecule has 0 radical (unpaired) electrons. The smallest absolute Gasteiger partial charge is 0.324 e. The molecule has 6 nitrogen and oxygen atoms in total. The predicted octanol–water partition coefficient (Wildman–Crippen LogP) is 2.10. The van der Waals surface area contributed by atoms with Gasteiger partial charge in [-0.2, -0.15) is 0 Å². The maximum atomic E-state index is 12.0. The van der Waals surface area contributed by atoms with Crippen LogP contribution in [0, 0.1) is 0 Å². The number of hydrogen-bond donors (Lipinski definition) is 0. The summed E-state index contributed by atoms with van der Waals surface area (Å²) in [6, 6.07) is 7.55. The topological polar surface area (TPSA) is 76.6 Å². The molecule has 7 heteroatoms. The van der Waals surface area contributed by atoms with E-state index in [1.165, 1.54) is 30.6 Å². The largest absolute Gasteiger partial charge is 0.365 e. The molecule has 0 saturated carbocycles. The summed E-state index contributed by atoms with van der Waals surface area (Å²) in [5.74, 6) is -2.28. The zero-order valence-electron chi connectivity index (χ0n) is 10.4. The van der Waals surface area contributed by atoms with Gasteiger partial charge in [0, 0.05) is 12.4 Å². The molecule has 1 aliphatic heterocycles. The van der Waals surface area contributed by atoms with Crippen molar-refractivity contribution >= 4 is 29.4 Å². The summed E-state index contributed by atoms with van der Waals surface area (Å²) < 4.78 is 0. The van der Waals surface area contributed by atoms with Gasteiger partial charge in [-0.3, -0.25) is 14.6 Å². The number of carbonyl (C=O) groups excluding carboxylic acids is 3. The first kappa shape index (κ1) is 13.3. The standard InChI is InChI=1S/C14H7ClN2O4/c15-11-7-16-6-5-10(11)14(20)21-17-12(18)8-3-1-2-4-9(8)13(17)19/h1-7H. The lowest BCUT2D eigenvalue weighted by Gasteiger charge is -2.12. The Morgan fingerprint density at radius 2 is 1.71 bits per heavy atom. The number of benzene rings is 1. The number of rotatable bonds is 2. The number of imide groups is 1. The van der Waals surface area contributed by atoms with Crippen molar-refractivity contribution in [2.24, 2.45) is 0 Å². The monoisotopic (exact) mass is 302 g/mol. The minimum Gasteiger partial charge on any atom is -0.324 e. The molecule has 104 valence electrons. The first-order valence-corrected chi connectivity index (χ1v) is 6.27. The summed E-state index contributed by atoms with van der Waals surface area (Å²) >= 11 is 5.81. The number of hydrogen-bond acceptors (Lipinski definition) is 5. The number of nitrogens with zero attached hydrogens (tertiary/aromatic N) is 2. The number of fused-ring (bicyclic) bond motifs is 1. The van der Waals surface area contributed by atoms with Crippen LogP contribution in [0.4, 0.5) is 0 Å². The lowest BCUT2D eigenvalue weighted by molar-refractivity contribution is -0.0584. The fourth-order valence-corrected chi connectivity index (χ4v) is 2.12. The van der Waals surface area contributed by atoms with Crippen molar-refractivity contribution < 1.29 is 19.2 Å². The molecular formula is C14H7ClN2O4. The Balaban J connectivity index is 1.88. The van der Waals surface area contributed by atoms with E-state index in [2.05, 4.69) is 4.98 Å². The average molecular weight is 303 g/mol. The Labute approximate surface area is 123 Å². The predicted molar refractivity (Wildman–Crippen MR) is 71.6 cm³/mol. The summed E-state index contributed by atoms with van der Waals surface area (Å²) in [4.78, 5) is 44.7. The van der Waals surface area contributed by atoms with Crippen LogP contribution in [0.25, 0.3) is 0 Å². The minimum absolute atomic E-state index is 0.0169. The Morgan fingerprint density at radius 1 is 1.10 bits per heavy atom. The Bertz CT molecular complexity index is 740. The van der Waals surface area contributed by atoms with Crippen molar-refractivity contribution in [1.29, 1.82) is 0 Å². The van der Waals surface area contributed by atoms with E-state index >= 15 is 0 Å². The van der Waals surface area contributed by atoms with Crippen molar-refractivity contribution in [2.75, 3.05) is 0 Å². The molecule has 0 saturated heterocycles. The second-order valence-electron chi connectivity index (χ2n) is 4.18. The molecule has 0 N–H and O–H groups in total. The van der Waals surface area contributed by atoms with Crippen molar-refractivity contribution in [3.63, 3.8) is 0 Å². The molecule has 1 aromatic carbocycles. The van der Waals surface area contributed by atoms with Crippen LogP contribution in [0.2, 0.25) is 5.02 Å². The summed E-state index contributed by atoms with van der Waals surface area (Å²) in [7, 11) is 0. The van der Waals surface area contributed by atoms with Crippen LogP contribution in [-0.4, -0.2) is 27.8 Å². The molecule has 1 aliphatic rings. The van der Waals surface area contributed by atoms with Gasteiger partial charge in [0.2, 0.25) is 0 Å². The molecule has 0 spiro atoms. The number of halogens is 1. The van der Waals surface area contributed by atoms with Gasteiger partial charge in [-0.1, -0.05) is 28.8 Å². The lowest BCUT2D eigenvalue weighted by Crippen LogP contribution is -2.32. The number of carbonyl (C=O) groups is 3. The zero-order valence-corrected chi connectivity index (χ0v) is 11.2. The van der Waals surface area contributed by atoms with Crippen molar-refractivity contribution in [3.8, 4) is 0 Å². The highest BCUT2D eigenvalue weighted by Crippen LogP contribution is 2.24. The van der Waals surface area contributed by atoms with Gasteiger partial charge in [0.05, 0.1) is 21.7 Å². The summed E-state index contributed by atoms with van der Waals surface area (Å²) in [5, 5.41) is 0.503. The third-order valence-corrected chi connectivity index (χ3v) is 3.22. The van der Waals surface area contributed by atoms with Gasteiger partial charge in [0.15, 0.2) is 0 Å². The molecule has 2 aromatic rings. The molecule has 21 heavy (non-hydrogen) atoms. The fourth-order valence-electron chi connectivity index (χ4n) is 1.92.